The Bertz CT molecular complexity index is 1380. The molecule has 2 atom stereocenters. The summed E-state index contributed by atoms with van der Waals surface area (Å²) in [7, 11) is 0. The summed E-state index contributed by atoms with van der Waals surface area (Å²) in [5.41, 5.74) is 1.73. The maximum absolute atomic E-state index is 13.0. The first-order valence-corrected chi connectivity index (χ1v) is 12.2. The smallest absolute Gasteiger partial charge is 0.257 e. The van der Waals surface area contributed by atoms with Crippen molar-refractivity contribution < 1.29 is 9.59 Å². The SMILES string of the molecule is N#Cc1ccc(NC(=O)c2cc(NC(=O)[C@@H]3[C@@H](c4cc(Cl)cc(Cl)c4)C3(Cl)Cl)ccc2Cl)cc1Cl. The molecule has 0 heterocycles. The van der Waals surface area contributed by atoms with E-state index < -0.39 is 28.0 Å². The summed E-state index contributed by atoms with van der Waals surface area (Å²) in [6.45, 7) is 0. The van der Waals surface area contributed by atoms with E-state index in [1.54, 1.807) is 24.3 Å². The first-order valence-electron chi connectivity index (χ1n) is 9.96. The fraction of sp³-hybridized carbons (Fsp3) is 0.125. The van der Waals surface area contributed by atoms with E-state index in [4.69, 9.17) is 74.9 Å². The van der Waals surface area contributed by atoms with Crippen molar-refractivity contribution in [3.63, 3.8) is 0 Å². The molecular formula is C24H13Cl6N3O2. The lowest BCUT2D eigenvalue weighted by Crippen LogP contribution is -2.18. The fourth-order valence-electron chi connectivity index (χ4n) is 3.70. The summed E-state index contributed by atoms with van der Waals surface area (Å²) in [5, 5.41) is 15.5. The maximum atomic E-state index is 13.0. The molecule has 178 valence electrons. The lowest BCUT2D eigenvalue weighted by molar-refractivity contribution is -0.117. The minimum absolute atomic E-state index is 0.113. The molecule has 3 aromatic rings. The van der Waals surface area contributed by atoms with E-state index in [1.807, 2.05) is 6.07 Å². The summed E-state index contributed by atoms with van der Waals surface area (Å²) in [4.78, 5) is 25.8. The highest BCUT2D eigenvalue weighted by Gasteiger charge is 2.67. The number of nitrogens with zero attached hydrogens (tertiary/aromatic N) is 1. The van der Waals surface area contributed by atoms with Gasteiger partial charge < -0.3 is 10.6 Å². The molecule has 5 nitrogen and oxygen atoms in total. The molecule has 0 radical (unpaired) electrons. The van der Waals surface area contributed by atoms with Crippen LogP contribution in [0.25, 0.3) is 0 Å². The number of nitriles is 1. The summed E-state index contributed by atoms with van der Waals surface area (Å²) in [6, 6.07) is 15.8. The second-order valence-corrected chi connectivity index (χ2v) is 10.9. The van der Waals surface area contributed by atoms with Gasteiger partial charge in [-0.2, -0.15) is 5.26 Å². The number of amides is 2. The molecule has 3 aromatic carbocycles. The summed E-state index contributed by atoms with van der Waals surface area (Å²) < 4.78 is -1.35. The normalized spacial score (nSPS) is 17.9. The van der Waals surface area contributed by atoms with E-state index >= 15 is 0 Å². The fourth-order valence-corrected chi connectivity index (χ4v) is 5.50. The molecule has 35 heavy (non-hydrogen) atoms. The maximum Gasteiger partial charge on any atom is 0.257 e. The van der Waals surface area contributed by atoms with E-state index in [9.17, 15) is 9.59 Å². The summed E-state index contributed by atoms with van der Waals surface area (Å²) >= 11 is 37.2. The van der Waals surface area contributed by atoms with Gasteiger partial charge in [-0.05, 0) is 60.2 Å². The van der Waals surface area contributed by atoms with Crippen molar-refractivity contribution in [3.05, 3.63) is 91.4 Å². The highest BCUT2D eigenvalue weighted by atomic mass is 35.5. The van der Waals surface area contributed by atoms with E-state index in [0.29, 0.717) is 27.0 Å². The zero-order valence-electron chi connectivity index (χ0n) is 17.4. The molecule has 4 rings (SSSR count). The molecule has 1 saturated carbocycles. The third-order valence-corrected chi connectivity index (χ3v) is 7.43. The minimum Gasteiger partial charge on any atom is -0.326 e. The minimum atomic E-state index is -1.35. The van der Waals surface area contributed by atoms with E-state index in [-0.39, 0.29) is 21.2 Å². The first-order chi connectivity index (χ1) is 16.5. The number of carbonyl (C=O) groups is 2. The predicted molar refractivity (Wildman–Crippen MR) is 141 cm³/mol. The van der Waals surface area contributed by atoms with Crippen LogP contribution in [0, 0.1) is 17.2 Å². The van der Waals surface area contributed by atoms with Gasteiger partial charge in [-0.25, -0.2) is 0 Å². The number of alkyl halides is 2. The lowest BCUT2D eigenvalue weighted by atomic mass is 10.1. The second-order valence-electron chi connectivity index (χ2n) is 7.78. The van der Waals surface area contributed by atoms with Gasteiger partial charge in [0.05, 0.1) is 27.1 Å². The molecular weight excluding hydrogens is 575 g/mol. The van der Waals surface area contributed by atoms with Crippen molar-refractivity contribution in [1.29, 1.82) is 5.26 Å². The standard InChI is InChI=1S/C24H13Cl6N3O2/c25-13-5-12(6-14(26)7-13)20-21(24(20,29)30)23(35)33-15-3-4-18(27)17(8-15)22(34)32-16-2-1-11(10-31)19(28)9-16/h1-9,20-21H,(H,32,34)(H,33,35)/t20-,21+/m1/s1. The second kappa shape index (κ2) is 10.1. The van der Waals surface area contributed by atoms with Crippen molar-refractivity contribution >= 4 is 92.8 Å². The average molecular weight is 588 g/mol. The van der Waals surface area contributed by atoms with Gasteiger partial charge >= 0.3 is 0 Å². The van der Waals surface area contributed by atoms with E-state index in [0.717, 1.165) is 0 Å². The zero-order valence-corrected chi connectivity index (χ0v) is 21.9. The van der Waals surface area contributed by atoms with Crippen LogP contribution in [0.15, 0.2) is 54.6 Å². The van der Waals surface area contributed by atoms with Crippen LogP contribution in [0.1, 0.15) is 27.4 Å². The van der Waals surface area contributed by atoms with Gasteiger partial charge in [-0.3, -0.25) is 9.59 Å². The molecule has 0 aliphatic heterocycles. The van der Waals surface area contributed by atoms with Crippen LogP contribution in [0.3, 0.4) is 0 Å². The van der Waals surface area contributed by atoms with Gasteiger partial charge in [0.25, 0.3) is 5.91 Å². The molecule has 0 bridgehead atoms. The van der Waals surface area contributed by atoms with Crippen molar-refractivity contribution in [2.24, 2.45) is 5.92 Å². The van der Waals surface area contributed by atoms with Gasteiger partial charge in [0.15, 0.2) is 0 Å². The molecule has 0 unspecified atom stereocenters. The van der Waals surface area contributed by atoms with Gasteiger partial charge in [-0.1, -0.05) is 46.4 Å². The van der Waals surface area contributed by atoms with Gasteiger partial charge in [0.2, 0.25) is 5.91 Å². The predicted octanol–water partition coefficient (Wildman–Crippen LogP) is 7.95. The van der Waals surface area contributed by atoms with E-state index in [2.05, 4.69) is 10.6 Å². The van der Waals surface area contributed by atoms with Crippen molar-refractivity contribution in [1.82, 2.24) is 0 Å². The van der Waals surface area contributed by atoms with Gasteiger partial charge in [-0.15, -0.1) is 23.2 Å². The van der Waals surface area contributed by atoms with Crippen LogP contribution in [-0.4, -0.2) is 16.1 Å². The van der Waals surface area contributed by atoms with Crippen LogP contribution < -0.4 is 10.6 Å². The molecule has 2 amide bonds. The Morgan fingerprint density at radius 3 is 2.09 bits per heavy atom. The molecule has 0 aromatic heterocycles. The van der Waals surface area contributed by atoms with Crippen molar-refractivity contribution in [3.8, 4) is 6.07 Å². The van der Waals surface area contributed by atoms with Gasteiger partial charge in [0.1, 0.15) is 10.4 Å². The molecule has 1 aliphatic carbocycles. The summed E-state index contributed by atoms with van der Waals surface area (Å²) in [5.74, 6) is -2.26. The third kappa shape index (κ3) is 5.49. The molecule has 2 N–H and O–H groups in total. The Hall–Kier alpha value is -2.17. The van der Waals surface area contributed by atoms with Crippen molar-refractivity contribution in [2.45, 2.75) is 10.3 Å². The van der Waals surface area contributed by atoms with Crippen LogP contribution in [-0.2, 0) is 4.79 Å². The number of halogens is 6. The Labute approximate surface area is 230 Å². The van der Waals surface area contributed by atoms with Crippen LogP contribution in [0.4, 0.5) is 11.4 Å². The summed E-state index contributed by atoms with van der Waals surface area (Å²) in [6.07, 6.45) is 0. The highest BCUT2D eigenvalue weighted by Crippen LogP contribution is 2.65. The Morgan fingerprint density at radius 1 is 0.829 bits per heavy atom. The number of hydrogen-bond donors (Lipinski definition) is 2. The van der Waals surface area contributed by atoms with Gasteiger partial charge in [0, 0.05) is 27.3 Å². The Morgan fingerprint density at radius 2 is 1.46 bits per heavy atom. The molecule has 1 fully saturated rings. The first kappa shape index (κ1) is 25.9. The Kier molecular flexibility index (Phi) is 7.45. The molecule has 11 heteroatoms. The lowest BCUT2D eigenvalue weighted by Gasteiger charge is -2.11. The zero-order chi connectivity index (χ0) is 25.5. The molecule has 0 saturated heterocycles. The number of carbonyl (C=O) groups excluding carboxylic acids is 2. The van der Waals surface area contributed by atoms with Crippen LogP contribution in [0.5, 0.6) is 0 Å². The average Bonchev–Trinajstić information content (AvgIpc) is 3.36. The quantitative estimate of drug-likeness (QED) is 0.297. The topological polar surface area (TPSA) is 82.0 Å². The molecule has 0 spiro atoms. The Balaban J connectivity index is 1.51. The monoisotopic (exact) mass is 585 g/mol. The number of nitrogens with one attached hydrogen (secondary N) is 2. The molecule has 1 aliphatic rings. The largest absolute Gasteiger partial charge is 0.326 e. The third-order valence-electron chi connectivity index (χ3n) is 5.41. The highest BCUT2D eigenvalue weighted by molar-refractivity contribution is 6.53. The number of anilines is 2. The number of hydrogen-bond acceptors (Lipinski definition) is 3. The number of benzene rings is 3. The van der Waals surface area contributed by atoms with Crippen LogP contribution in [0.2, 0.25) is 20.1 Å². The van der Waals surface area contributed by atoms with Crippen molar-refractivity contribution in [2.75, 3.05) is 10.6 Å². The van der Waals surface area contributed by atoms with E-state index in [1.165, 1.54) is 30.3 Å². The number of rotatable bonds is 5. The van der Waals surface area contributed by atoms with Crippen LogP contribution >= 0.6 is 69.6 Å².